The van der Waals surface area contributed by atoms with Crippen LogP contribution in [0.2, 0.25) is 0 Å². The number of aryl methyl sites for hydroxylation is 1. The van der Waals surface area contributed by atoms with Crippen LogP contribution in [0.5, 0.6) is 5.75 Å². The first-order valence-electron chi connectivity index (χ1n) is 11.3. The molecule has 36 heavy (non-hydrogen) atoms. The average molecular weight is 486 g/mol. The second-order valence-corrected chi connectivity index (χ2v) is 8.30. The molecule has 0 aromatic carbocycles. The van der Waals surface area contributed by atoms with Gasteiger partial charge in [0, 0.05) is 44.8 Å². The Kier molecular flexibility index (Phi) is 6.11. The van der Waals surface area contributed by atoms with Crippen molar-refractivity contribution in [2.75, 3.05) is 33.3 Å². The Bertz CT molecular complexity index is 1440. The fraction of sp³-hybridized carbons (Fsp3) is 0.240. The monoisotopic (exact) mass is 485 g/mol. The third-order valence-corrected chi connectivity index (χ3v) is 6.09. The number of nitrogens with zero attached hydrogens (tertiary/aromatic N) is 6. The van der Waals surface area contributed by atoms with Crippen molar-refractivity contribution < 1.29 is 19.1 Å². The highest BCUT2D eigenvalue weighted by Crippen LogP contribution is 2.34. The molecule has 1 aliphatic rings. The molecule has 1 fully saturated rings. The molecule has 1 aliphatic heterocycles. The van der Waals surface area contributed by atoms with Crippen molar-refractivity contribution in [3.8, 4) is 17.1 Å². The zero-order valence-electron chi connectivity index (χ0n) is 19.8. The fourth-order valence-electron chi connectivity index (χ4n) is 4.18. The largest absolute Gasteiger partial charge is 0.494 e. The summed E-state index contributed by atoms with van der Waals surface area (Å²) in [7, 11) is 1.47. The number of carbonyl (C=O) groups is 3. The molecule has 0 spiro atoms. The maximum absolute atomic E-state index is 13.3. The topological polar surface area (TPSA) is 134 Å². The van der Waals surface area contributed by atoms with Crippen LogP contribution >= 0.6 is 0 Å². The summed E-state index contributed by atoms with van der Waals surface area (Å²) >= 11 is 0. The van der Waals surface area contributed by atoms with Crippen molar-refractivity contribution in [1.82, 2.24) is 34.7 Å². The number of amides is 2. The number of ether oxygens (including phenoxy) is 1. The number of hydrogen-bond donors (Lipinski definition) is 1. The number of piperazine rings is 1. The van der Waals surface area contributed by atoms with E-state index in [-0.39, 0.29) is 24.6 Å². The van der Waals surface area contributed by atoms with Crippen LogP contribution < -0.4 is 4.74 Å². The zero-order chi connectivity index (χ0) is 25.2. The Hall–Kier alpha value is -4.67. The molecular formula is C25H23N7O4. The Labute approximate surface area is 206 Å². The molecule has 0 radical (unpaired) electrons. The van der Waals surface area contributed by atoms with E-state index < -0.39 is 11.7 Å². The molecule has 5 rings (SSSR count). The standard InChI is InChI=1S/C25H23N7O4/c1-15-11-28-18(13-27-15)21-22-20(19(36-2)14-30-21)16(12-29-22)23(33)25(35)32-9-7-31(8-10-32)24(34)17-5-3-4-6-26-17/h3-6,11-14,29H,7-10H2,1-2H3. The highest BCUT2D eigenvalue weighted by molar-refractivity contribution is 6.45. The van der Waals surface area contributed by atoms with Crippen LogP contribution in [0.3, 0.4) is 0 Å². The Morgan fingerprint density at radius 3 is 2.39 bits per heavy atom. The van der Waals surface area contributed by atoms with E-state index in [1.165, 1.54) is 24.4 Å². The van der Waals surface area contributed by atoms with Gasteiger partial charge in [0.25, 0.3) is 17.6 Å². The van der Waals surface area contributed by atoms with E-state index in [2.05, 4.69) is 24.9 Å². The second kappa shape index (κ2) is 9.53. The molecule has 0 bridgehead atoms. The molecule has 4 aromatic rings. The van der Waals surface area contributed by atoms with Gasteiger partial charge < -0.3 is 19.5 Å². The van der Waals surface area contributed by atoms with Gasteiger partial charge in [0.2, 0.25) is 0 Å². The van der Waals surface area contributed by atoms with E-state index in [1.54, 1.807) is 41.7 Å². The summed E-state index contributed by atoms with van der Waals surface area (Å²) in [6.07, 6.45) is 7.78. The van der Waals surface area contributed by atoms with E-state index in [1.807, 2.05) is 6.92 Å². The van der Waals surface area contributed by atoms with Crippen LogP contribution in [0.1, 0.15) is 26.5 Å². The van der Waals surface area contributed by atoms with Crippen LogP contribution in [0.4, 0.5) is 0 Å². The fourth-order valence-corrected chi connectivity index (χ4v) is 4.18. The Balaban J connectivity index is 1.37. The molecule has 182 valence electrons. The minimum Gasteiger partial charge on any atom is -0.494 e. The number of carbonyl (C=O) groups excluding carboxylic acids is 3. The molecular weight excluding hydrogens is 462 g/mol. The third-order valence-electron chi connectivity index (χ3n) is 6.09. The number of pyridine rings is 2. The lowest BCUT2D eigenvalue weighted by atomic mass is 10.1. The molecule has 2 amide bonds. The van der Waals surface area contributed by atoms with Crippen LogP contribution in [0.15, 0.2) is 49.2 Å². The smallest absolute Gasteiger partial charge is 0.295 e. The van der Waals surface area contributed by atoms with Gasteiger partial charge in [-0.3, -0.25) is 29.3 Å². The summed E-state index contributed by atoms with van der Waals surface area (Å²) in [4.78, 5) is 62.4. The molecule has 11 heteroatoms. The van der Waals surface area contributed by atoms with Gasteiger partial charge in [0.05, 0.1) is 41.7 Å². The number of fused-ring (bicyclic) bond motifs is 1. The first-order chi connectivity index (χ1) is 17.5. The number of rotatable bonds is 5. The van der Waals surface area contributed by atoms with E-state index >= 15 is 0 Å². The predicted octanol–water partition coefficient (Wildman–Crippen LogP) is 1.90. The van der Waals surface area contributed by atoms with Crippen molar-refractivity contribution in [2.24, 2.45) is 0 Å². The summed E-state index contributed by atoms with van der Waals surface area (Å²) in [6.45, 7) is 2.94. The number of nitrogens with one attached hydrogen (secondary N) is 1. The highest BCUT2D eigenvalue weighted by Gasteiger charge is 2.31. The van der Waals surface area contributed by atoms with E-state index in [4.69, 9.17) is 4.74 Å². The van der Waals surface area contributed by atoms with Crippen molar-refractivity contribution in [2.45, 2.75) is 6.92 Å². The van der Waals surface area contributed by atoms with E-state index in [0.29, 0.717) is 46.8 Å². The average Bonchev–Trinajstić information content (AvgIpc) is 3.38. The number of hydrogen-bond acceptors (Lipinski definition) is 8. The normalized spacial score (nSPS) is 13.6. The number of methoxy groups -OCH3 is 1. The minimum absolute atomic E-state index is 0.183. The van der Waals surface area contributed by atoms with Gasteiger partial charge in [-0.25, -0.2) is 4.98 Å². The lowest BCUT2D eigenvalue weighted by Crippen LogP contribution is -2.52. The Morgan fingerprint density at radius 2 is 1.72 bits per heavy atom. The molecule has 4 aromatic heterocycles. The second-order valence-electron chi connectivity index (χ2n) is 8.30. The van der Waals surface area contributed by atoms with Gasteiger partial charge in [0.15, 0.2) is 0 Å². The van der Waals surface area contributed by atoms with Crippen molar-refractivity contribution in [3.63, 3.8) is 0 Å². The number of aromatic nitrogens is 5. The van der Waals surface area contributed by atoms with Gasteiger partial charge in [-0.15, -0.1) is 0 Å². The maximum Gasteiger partial charge on any atom is 0.295 e. The summed E-state index contributed by atoms with van der Waals surface area (Å²) in [6, 6.07) is 5.14. The summed E-state index contributed by atoms with van der Waals surface area (Å²) in [5, 5.41) is 0.451. The Morgan fingerprint density at radius 1 is 0.944 bits per heavy atom. The maximum atomic E-state index is 13.3. The number of H-pyrrole nitrogens is 1. The lowest BCUT2D eigenvalue weighted by molar-refractivity contribution is -0.127. The van der Waals surface area contributed by atoms with Crippen LogP contribution in [-0.4, -0.2) is 85.6 Å². The number of ketones is 1. The SMILES string of the molecule is COc1cnc(-c2cnc(C)cn2)c2[nH]cc(C(=O)C(=O)N3CCN(C(=O)c4ccccn4)CC3)c12. The van der Waals surface area contributed by atoms with Gasteiger partial charge in [-0.1, -0.05) is 6.07 Å². The molecule has 0 aliphatic carbocycles. The third kappa shape index (κ3) is 4.15. The highest BCUT2D eigenvalue weighted by atomic mass is 16.5. The number of Topliss-reactive ketones (excluding diaryl/α,β-unsaturated/α-hetero) is 1. The predicted molar refractivity (Wildman–Crippen MR) is 129 cm³/mol. The number of aromatic amines is 1. The minimum atomic E-state index is -0.670. The molecule has 1 N–H and O–H groups in total. The van der Waals surface area contributed by atoms with Gasteiger partial charge in [-0.05, 0) is 19.1 Å². The van der Waals surface area contributed by atoms with Gasteiger partial charge in [0.1, 0.15) is 22.8 Å². The molecule has 0 atom stereocenters. The molecule has 5 heterocycles. The first-order valence-corrected chi connectivity index (χ1v) is 11.3. The summed E-state index contributed by atoms with van der Waals surface area (Å²) in [5.41, 5.74) is 2.83. The van der Waals surface area contributed by atoms with Crippen molar-refractivity contribution in [1.29, 1.82) is 0 Å². The summed E-state index contributed by atoms with van der Waals surface area (Å²) in [5.74, 6) is -1.15. The van der Waals surface area contributed by atoms with Gasteiger partial charge >= 0.3 is 0 Å². The zero-order valence-corrected chi connectivity index (χ0v) is 19.8. The summed E-state index contributed by atoms with van der Waals surface area (Å²) < 4.78 is 5.45. The van der Waals surface area contributed by atoms with E-state index in [0.717, 1.165) is 5.69 Å². The van der Waals surface area contributed by atoms with E-state index in [9.17, 15) is 14.4 Å². The molecule has 1 saturated heterocycles. The first kappa shape index (κ1) is 23.1. The molecule has 0 unspecified atom stereocenters. The quantitative estimate of drug-likeness (QED) is 0.335. The van der Waals surface area contributed by atoms with Crippen molar-refractivity contribution >= 4 is 28.5 Å². The van der Waals surface area contributed by atoms with Crippen molar-refractivity contribution in [3.05, 3.63) is 66.1 Å². The molecule has 11 nitrogen and oxygen atoms in total. The lowest BCUT2D eigenvalue weighted by Gasteiger charge is -2.34. The van der Waals surface area contributed by atoms with Gasteiger partial charge in [-0.2, -0.15) is 0 Å². The van der Waals surface area contributed by atoms with Crippen LogP contribution in [0, 0.1) is 6.92 Å². The van der Waals surface area contributed by atoms with Crippen LogP contribution in [0.25, 0.3) is 22.3 Å². The van der Waals surface area contributed by atoms with Crippen LogP contribution in [-0.2, 0) is 4.79 Å². The molecule has 0 saturated carbocycles.